The Bertz CT molecular complexity index is 324. The van der Waals surface area contributed by atoms with E-state index in [0.29, 0.717) is 19.0 Å². The number of hydrogen-bond acceptors (Lipinski definition) is 3. The first-order valence-electron chi connectivity index (χ1n) is 3.10. The maximum atomic E-state index is 8.60. The Morgan fingerprint density at radius 2 is 2.33 bits per heavy atom. The molecule has 59 valence electrons. The van der Waals surface area contributed by atoms with Crippen LogP contribution in [0.1, 0.15) is 5.56 Å². The van der Waals surface area contributed by atoms with Gasteiger partial charge in [0.15, 0.2) is 0 Å². The monoisotopic (exact) mass is 224 g/mol. The fraction of sp³-hybridized carbons (Fsp3) is 0. The second-order valence-corrected chi connectivity index (χ2v) is 2.89. The molecule has 0 spiro atoms. The first-order chi connectivity index (χ1) is 5.77. The van der Waals surface area contributed by atoms with Gasteiger partial charge in [0.05, 0.1) is 5.56 Å². The number of nitriles is 1. The highest BCUT2D eigenvalue weighted by Gasteiger charge is 2.03. The van der Waals surface area contributed by atoms with Crippen LogP contribution >= 0.6 is 15.9 Å². The van der Waals surface area contributed by atoms with Gasteiger partial charge in [0.2, 0.25) is 0 Å². The Morgan fingerprint density at radius 1 is 1.58 bits per heavy atom. The number of hydrogen-bond donors (Lipinski definition) is 1. The average Bonchev–Trinajstić information content (AvgIpc) is 2.05. The molecule has 3 nitrogen and oxygen atoms in total. The van der Waals surface area contributed by atoms with Crippen molar-refractivity contribution in [3.8, 4) is 11.8 Å². The smallest absolute Gasteiger partial charge is 0.536 e. The average molecular weight is 225 g/mol. The predicted molar refractivity (Wildman–Crippen MR) is 47.5 cm³/mol. The van der Waals surface area contributed by atoms with Crippen molar-refractivity contribution in [2.24, 2.45) is 0 Å². The topological polar surface area (TPSA) is 53.2 Å². The van der Waals surface area contributed by atoms with E-state index in [4.69, 9.17) is 10.3 Å². The molecule has 5 heteroatoms. The van der Waals surface area contributed by atoms with Gasteiger partial charge in [-0.25, -0.2) is 0 Å². The summed E-state index contributed by atoms with van der Waals surface area (Å²) in [5.41, 5.74) is 0.378. The summed E-state index contributed by atoms with van der Waals surface area (Å²) in [6.45, 7) is 0. The van der Waals surface area contributed by atoms with Gasteiger partial charge in [0.1, 0.15) is 11.8 Å². The van der Waals surface area contributed by atoms with E-state index in [1.54, 1.807) is 18.2 Å². The minimum atomic E-state index is 0.328. The SMILES string of the molecule is N#Cc1ccc(Br)cc1O[B]O. The number of halogens is 1. The zero-order valence-electron chi connectivity index (χ0n) is 5.99. The molecule has 1 rings (SSSR count). The van der Waals surface area contributed by atoms with Crippen LogP contribution in [0.2, 0.25) is 0 Å². The molecule has 12 heavy (non-hydrogen) atoms. The van der Waals surface area contributed by atoms with E-state index in [1.165, 1.54) is 0 Å². The predicted octanol–water partition coefficient (Wildman–Crippen LogP) is 1.23. The van der Waals surface area contributed by atoms with E-state index in [1.807, 2.05) is 6.07 Å². The van der Waals surface area contributed by atoms with Gasteiger partial charge in [-0.05, 0) is 18.2 Å². The first-order valence-corrected chi connectivity index (χ1v) is 3.89. The molecule has 0 saturated carbocycles. The molecule has 0 aromatic heterocycles. The van der Waals surface area contributed by atoms with Crippen molar-refractivity contribution in [3.63, 3.8) is 0 Å². The van der Waals surface area contributed by atoms with Crippen molar-refractivity contribution in [1.82, 2.24) is 0 Å². The lowest BCUT2D eigenvalue weighted by atomic mass is 10.2. The minimum Gasteiger partial charge on any atom is -0.536 e. The summed E-state index contributed by atoms with van der Waals surface area (Å²) in [7, 11) is 0.544. The molecule has 1 N–H and O–H groups in total. The van der Waals surface area contributed by atoms with Crippen molar-refractivity contribution in [2.75, 3.05) is 0 Å². The zero-order chi connectivity index (χ0) is 8.97. The standard InChI is InChI=1S/C7H4BBrNO2/c9-6-2-1-5(4-10)7(3-6)12-8-11/h1-3,11H. The van der Waals surface area contributed by atoms with E-state index >= 15 is 0 Å². The molecule has 0 aliphatic rings. The van der Waals surface area contributed by atoms with Gasteiger partial charge in [0, 0.05) is 4.47 Å². The molecule has 0 heterocycles. The van der Waals surface area contributed by atoms with Gasteiger partial charge in [-0.15, -0.1) is 0 Å². The molecule has 0 atom stereocenters. The number of rotatable bonds is 2. The summed E-state index contributed by atoms with van der Waals surface area (Å²) in [6.07, 6.45) is 0. The van der Waals surface area contributed by atoms with Gasteiger partial charge >= 0.3 is 7.69 Å². The Labute approximate surface area is 79.0 Å². The maximum absolute atomic E-state index is 8.60. The van der Waals surface area contributed by atoms with Crippen molar-refractivity contribution in [2.45, 2.75) is 0 Å². The van der Waals surface area contributed by atoms with E-state index in [0.717, 1.165) is 4.47 Å². The molecule has 0 unspecified atom stereocenters. The van der Waals surface area contributed by atoms with Crippen LogP contribution in [0.25, 0.3) is 0 Å². The van der Waals surface area contributed by atoms with E-state index in [-0.39, 0.29) is 0 Å². The fourth-order valence-corrected chi connectivity index (χ4v) is 1.08. The summed E-state index contributed by atoms with van der Waals surface area (Å²) in [5.74, 6) is 0.328. The highest BCUT2D eigenvalue weighted by atomic mass is 79.9. The molecule has 0 saturated heterocycles. The molecule has 0 aliphatic carbocycles. The van der Waals surface area contributed by atoms with Crippen molar-refractivity contribution >= 4 is 23.6 Å². The zero-order valence-corrected chi connectivity index (χ0v) is 7.58. The largest absolute Gasteiger partial charge is 0.569 e. The van der Waals surface area contributed by atoms with Gasteiger partial charge in [-0.1, -0.05) is 15.9 Å². The van der Waals surface area contributed by atoms with Gasteiger partial charge in [-0.2, -0.15) is 5.26 Å². The summed E-state index contributed by atoms with van der Waals surface area (Å²) in [6, 6.07) is 6.86. The molecular weight excluding hydrogens is 221 g/mol. The molecule has 1 aromatic rings. The summed E-state index contributed by atoms with van der Waals surface area (Å²) < 4.78 is 5.48. The Kier molecular flexibility index (Phi) is 3.14. The van der Waals surface area contributed by atoms with Crippen molar-refractivity contribution in [1.29, 1.82) is 5.26 Å². The lowest BCUT2D eigenvalue weighted by Gasteiger charge is -2.03. The number of benzene rings is 1. The lowest BCUT2D eigenvalue weighted by Crippen LogP contribution is -2.01. The van der Waals surface area contributed by atoms with Crippen LogP contribution in [-0.2, 0) is 0 Å². The van der Waals surface area contributed by atoms with Gasteiger partial charge < -0.3 is 9.68 Å². The van der Waals surface area contributed by atoms with E-state index in [2.05, 4.69) is 20.6 Å². The first kappa shape index (κ1) is 9.11. The quantitative estimate of drug-likeness (QED) is 0.769. The molecular formula is C7H4BBrNO2. The Hall–Kier alpha value is -0.985. The summed E-state index contributed by atoms with van der Waals surface area (Å²) in [4.78, 5) is 0. The normalized spacial score (nSPS) is 8.75. The number of nitrogens with zero attached hydrogens (tertiary/aromatic N) is 1. The third kappa shape index (κ3) is 2.00. The third-order valence-electron chi connectivity index (χ3n) is 1.24. The highest BCUT2D eigenvalue weighted by Crippen LogP contribution is 2.22. The molecule has 1 aromatic carbocycles. The molecule has 0 bridgehead atoms. The Balaban J connectivity index is 3.06. The highest BCUT2D eigenvalue weighted by molar-refractivity contribution is 9.10. The minimum absolute atomic E-state index is 0.328. The molecule has 1 radical (unpaired) electrons. The fourth-order valence-electron chi connectivity index (χ4n) is 0.743. The van der Waals surface area contributed by atoms with Crippen LogP contribution in [0.15, 0.2) is 22.7 Å². The van der Waals surface area contributed by atoms with Gasteiger partial charge in [0.25, 0.3) is 0 Å². The van der Waals surface area contributed by atoms with Gasteiger partial charge in [-0.3, -0.25) is 0 Å². The summed E-state index contributed by atoms with van der Waals surface area (Å²) in [5, 5.41) is 17.0. The maximum Gasteiger partial charge on any atom is 0.569 e. The molecule has 0 fully saturated rings. The second-order valence-electron chi connectivity index (χ2n) is 1.98. The van der Waals surface area contributed by atoms with Crippen LogP contribution in [0.5, 0.6) is 5.75 Å². The van der Waals surface area contributed by atoms with E-state index < -0.39 is 0 Å². The van der Waals surface area contributed by atoms with Crippen molar-refractivity contribution < 1.29 is 9.68 Å². The summed E-state index contributed by atoms with van der Waals surface area (Å²) >= 11 is 3.21. The van der Waals surface area contributed by atoms with Crippen LogP contribution in [0, 0.1) is 11.3 Å². The Morgan fingerprint density at radius 3 is 2.92 bits per heavy atom. The van der Waals surface area contributed by atoms with Crippen LogP contribution in [0.4, 0.5) is 0 Å². The van der Waals surface area contributed by atoms with Crippen LogP contribution < -0.4 is 4.65 Å². The third-order valence-corrected chi connectivity index (χ3v) is 1.74. The van der Waals surface area contributed by atoms with Crippen LogP contribution in [0.3, 0.4) is 0 Å². The second kappa shape index (κ2) is 4.14. The molecule has 0 amide bonds. The van der Waals surface area contributed by atoms with E-state index in [9.17, 15) is 0 Å². The molecule has 0 aliphatic heterocycles. The lowest BCUT2D eigenvalue weighted by molar-refractivity contribution is 0.453. The van der Waals surface area contributed by atoms with Crippen LogP contribution in [-0.4, -0.2) is 12.7 Å². The van der Waals surface area contributed by atoms with Crippen molar-refractivity contribution in [3.05, 3.63) is 28.2 Å².